The van der Waals surface area contributed by atoms with Crippen LogP contribution in [-0.4, -0.2) is 68.9 Å². The van der Waals surface area contributed by atoms with Gasteiger partial charge in [-0.1, -0.05) is 34.1 Å². The lowest BCUT2D eigenvalue weighted by Crippen LogP contribution is -2.40. The van der Waals surface area contributed by atoms with Crippen molar-refractivity contribution in [2.75, 3.05) is 46.0 Å². The molecular formula is C28H35BrN4O5. The summed E-state index contributed by atoms with van der Waals surface area (Å²) in [6, 6.07) is 11.6. The molecule has 38 heavy (non-hydrogen) atoms. The molecule has 0 aliphatic carbocycles. The van der Waals surface area contributed by atoms with E-state index in [1.165, 1.54) is 6.21 Å². The Morgan fingerprint density at radius 3 is 2.63 bits per heavy atom. The maximum atomic E-state index is 12.1. The molecule has 1 saturated heterocycles. The van der Waals surface area contributed by atoms with Crippen LogP contribution in [0.4, 0.5) is 0 Å². The second-order valence-electron chi connectivity index (χ2n) is 8.61. The number of halogens is 1. The molecule has 0 radical (unpaired) electrons. The Morgan fingerprint density at radius 1 is 1.16 bits per heavy atom. The minimum atomic E-state index is -0.821. The third-order valence-corrected chi connectivity index (χ3v) is 6.27. The first kappa shape index (κ1) is 29.3. The number of allylic oxidation sites excluding steroid dienone is 1. The number of nitrogens with one attached hydrogen (secondary N) is 2. The van der Waals surface area contributed by atoms with Gasteiger partial charge in [0.2, 0.25) is 0 Å². The van der Waals surface area contributed by atoms with Crippen molar-refractivity contribution in [3.8, 4) is 11.5 Å². The number of ether oxygens (including phenoxy) is 3. The van der Waals surface area contributed by atoms with Gasteiger partial charge in [0, 0.05) is 29.7 Å². The van der Waals surface area contributed by atoms with Crippen molar-refractivity contribution in [2.45, 2.75) is 26.4 Å². The summed E-state index contributed by atoms with van der Waals surface area (Å²) in [5.41, 5.74) is 4.86. The highest BCUT2D eigenvalue weighted by Gasteiger charge is 2.15. The lowest BCUT2D eigenvalue weighted by molar-refractivity contribution is -0.139. The number of carbonyl (C=O) groups is 2. The Hall–Kier alpha value is -3.21. The van der Waals surface area contributed by atoms with Crippen LogP contribution in [0, 0.1) is 0 Å². The number of nitrogens with zero attached hydrogens (tertiary/aromatic N) is 2. The van der Waals surface area contributed by atoms with Crippen LogP contribution in [0.1, 0.15) is 30.0 Å². The van der Waals surface area contributed by atoms with Gasteiger partial charge in [0.25, 0.3) is 0 Å². The summed E-state index contributed by atoms with van der Waals surface area (Å²) in [6.45, 7) is 11.1. The standard InChI is InChI=1S/C28H35BrN4O5/c1-3-6-23-17-22(18-25(37-4-2)26(23)38-20-21-7-9-24(29)10-8-21)19-31-32-28(35)27(34)30-11-5-12-33-13-15-36-16-14-33/h3,7-10,17-19H,1,4-6,11-16,20H2,2H3,(H,30,34)(H,32,35)/b31-19-. The summed E-state index contributed by atoms with van der Waals surface area (Å²) < 4.78 is 18.3. The maximum Gasteiger partial charge on any atom is 0.329 e. The predicted octanol–water partition coefficient (Wildman–Crippen LogP) is 3.44. The molecule has 2 aromatic rings. The van der Waals surface area contributed by atoms with Crippen molar-refractivity contribution >= 4 is 34.0 Å². The second kappa shape index (κ2) is 15.9. The van der Waals surface area contributed by atoms with E-state index in [-0.39, 0.29) is 0 Å². The van der Waals surface area contributed by atoms with Gasteiger partial charge < -0.3 is 19.5 Å². The minimum Gasteiger partial charge on any atom is -0.490 e. The van der Waals surface area contributed by atoms with Crippen LogP contribution >= 0.6 is 15.9 Å². The van der Waals surface area contributed by atoms with Crippen LogP contribution in [0.5, 0.6) is 11.5 Å². The first-order chi connectivity index (χ1) is 18.5. The van der Waals surface area contributed by atoms with Crippen molar-refractivity contribution in [1.29, 1.82) is 0 Å². The van der Waals surface area contributed by atoms with E-state index >= 15 is 0 Å². The Balaban J connectivity index is 1.57. The summed E-state index contributed by atoms with van der Waals surface area (Å²) in [6.07, 6.45) is 4.56. The Labute approximate surface area is 232 Å². The van der Waals surface area contributed by atoms with E-state index < -0.39 is 11.8 Å². The first-order valence-corrected chi connectivity index (χ1v) is 13.5. The van der Waals surface area contributed by atoms with Crippen molar-refractivity contribution in [1.82, 2.24) is 15.6 Å². The molecule has 0 bridgehead atoms. The summed E-state index contributed by atoms with van der Waals surface area (Å²) in [7, 11) is 0. The number of morpholine rings is 1. The van der Waals surface area contributed by atoms with E-state index in [0.29, 0.717) is 43.2 Å². The summed E-state index contributed by atoms with van der Waals surface area (Å²) in [5, 5.41) is 6.59. The lowest BCUT2D eigenvalue weighted by atomic mass is 10.1. The van der Waals surface area contributed by atoms with Crippen LogP contribution in [0.25, 0.3) is 0 Å². The van der Waals surface area contributed by atoms with Crippen molar-refractivity contribution in [3.05, 3.63) is 70.2 Å². The molecule has 1 aliphatic rings. The molecule has 1 heterocycles. The summed E-state index contributed by atoms with van der Waals surface area (Å²) in [5.74, 6) is -0.344. The van der Waals surface area contributed by atoms with E-state index in [1.54, 1.807) is 12.1 Å². The van der Waals surface area contributed by atoms with Crippen molar-refractivity contribution < 1.29 is 23.8 Å². The molecule has 0 saturated carbocycles. The van der Waals surface area contributed by atoms with Crippen LogP contribution in [0.3, 0.4) is 0 Å². The van der Waals surface area contributed by atoms with Crippen molar-refractivity contribution in [3.63, 3.8) is 0 Å². The topological polar surface area (TPSA) is 101 Å². The number of carbonyl (C=O) groups excluding carboxylic acids is 2. The SMILES string of the molecule is C=CCc1cc(/C=N\NC(=O)C(=O)NCCCN2CCOCC2)cc(OCC)c1OCc1ccc(Br)cc1. The highest BCUT2D eigenvalue weighted by atomic mass is 79.9. The van der Waals surface area contributed by atoms with Gasteiger partial charge in [-0.2, -0.15) is 5.10 Å². The fraction of sp³-hybridized carbons (Fsp3) is 0.393. The van der Waals surface area contributed by atoms with Gasteiger partial charge in [0.1, 0.15) is 6.61 Å². The zero-order valence-corrected chi connectivity index (χ0v) is 23.3. The van der Waals surface area contributed by atoms with Gasteiger partial charge in [-0.25, -0.2) is 5.43 Å². The largest absolute Gasteiger partial charge is 0.490 e. The summed E-state index contributed by atoms with van der Waals surface area (Å²) >= 11 is 3.44. The average molecular weight is 588 g/mol. The smallest absolute Gasteiger partial charge is 0.329 e. The highest BCUT2D eigenvalue weighted by Crippen LogP contribution is 2.34. The van der Waals surface area contributed by atoms with Gasteiger partial charge in [-0.15, -0.1) is 6.58 Å². The third kappa shape index (κ3) is 9.59. The van der Waals surface area contributed by atoms with Crippen LogP contribution in [-0.2, 0) is 27.4 Å². The summed E-state index contributed by atoms with van der Waals surface area (Å²) in [4.78, 5) is 26.5. The Bertz CT molecular complexity index is 1100. The number of amides is 2. The normalized spacial score (nSPS) is 13.7. The van der Waals surface area contributed by atoms with Gasteiger partial charge >= 0.3 is 11.8 Å². The number of hydrogen-bond acceptors (Lipinski definition) is 7. The second-order valence-corrected chi connectivity index (χ2v) is 9.53. The molecule has 0 spiro atoms. The minimum absolute atomic E-state index is 0.378. The number of rotatable bonds is 13. The predicted molar refractivity (Wildman–Crippen MR) is 151 cm³/mol. The quantitative estimate of drug-likeness (QED) is 0.123. The molecular weight excluding hydrogens is 552 g/mol. The first-order valence-electron chi connectivity index (χ1n) is 12.7. The zero-order valence-electron chi connectivity index (χ0n) is 21.7. The van der Waals surface area contributed by atoms with Gasteiger partial charge in [-0.05, 0) is 61.7 Å². The fourth-order valence-corrected chi connectivity index (χ4v) is 4.12. The monoisotopic (exact) mass is 586 g/mol. The number of hydrogen-bond donors (Lipinski definition) is 2. The Kier molecular flexibility index (Phi) is 12.3. The number of hydrazone groups is 1. The molecule has 2 aromatic carbocycles. The average Bonchev–Trinajstić information content (AvgIpc) is 2.92. The van der Waals surface area contributed by atoms with E-state index in [2.05, 4.69) is 43.3 Å². The van der Waals surface area contributed by atoms with Gasteiger partial charge in [0.15, 0.2) is 11.5 Å². The molecule has 204 valence electrons. The molecule has 2 N–H and O–H groups in total. The van der Waals surface area contributed by atoms with E-state index in [4.69, 9.17) is 14.2 Å². The zero-order chi connectivity index (χ0) is 27.2. The molecule has 9 nitrogen and oxygen atoms in total. The van der Waals surface area contributed by atoms with Crippen LogP contribution in [0.2, 0.25) is 0 Å². The van der Waals surface area contributed by atoms with E-state index in [0.717, 1.165) is 54.9 Å². The van der Waals surface area contributed by atoms with Crippen LogP contribution < -0.4 is 20.2 Å². The molecule has 2 amide bonds. The molecule has 0 atom stereocenters. The molecule has 1 aliphatic heterocycles. The molecule has 1 fully saturated rings. The van der Waals surface area contributed by atoms with Gasteiger partial charge in [0.05, 0.1) is 26.0 Å². The molecule has 3 rings (SSSR count). The molecule has 10 heteroatoms. The van der Waals surface area contributed by atoms with E-state index in [9.17, 15) is 9.59 Å². The third-order valence-electron chi connectivity index (χ3n) is 5.74. The van der Waals surface area contributed by atoms with Crippen LogP contribution in [0.15, 0.2) is 58.6 Å². The molecule has 0 aromatic heterocycles. The fourth-order valence-electron chi connectivity index (χ4n) is 3.85. The molecule has 0 unspecified atom stereocenters. The van der Waals surface area contributed by atoms with Crippen molar-refractivity contribution in [2.24, 2.45) is 5.10 Å². The maximum absolute atomic E-state index is 12.1. The Morgan fingerprint density at radius 2 is 1.92 bits per heavy atom. The highest BCUT2D eigenvalue weighted by molar-refractivity contribution is 9.10. The number of benzene rings is 2. The lowest BCUT2D eigenvalue weighted by Gasteiger charge is -2.26. The van der Waals surface area contributed by atoms with E-state index in [1.807, 2.05) is 37.3 Å². The van der Waals surface area contributed by atoms with Gasteiger partial charge in [-0.3, -0.25) is 14.5 Å².